The summed E-state index contributed by atoms with van der Waals surface area (Å²) in [5, 5.41) is 2.81. The van der Waals surface area contributed by atoms with E-state index in [9.17, 15) is 4.79 Å². The topological polar surface area (TPSA) is 73.6 Å². The van der Waals surface area contributed by atoms with E-state index in [1.165, 1.54) is 0 Å². The van der Waals surface area contributed by atoms with E-state index in [0.29, 0.717) is 18.0 Å². The van der Waals surface area contributed by atoms with Gasteiger partial charge < -0.3 is 20.5 Å². The number of carbonyl (C=O) groups excluding carboxylic acids is 1. The predicted octanol–water partition coefficient (Wildman–Crippen LogP) is 1.96. The smallest absolute Gasteiger partial charge is 0.253 e. The van der Waals surface area contributed by atoms with Gasteiger partial charge in [0, 0.05) is 18.5 Å². The number of nitrogen functional groups attached to an aromatic ring is 1. The molecule has 2 unspecified atom stereocenters. The molecule has 0 bridgehead atoms. The van der Waals surface area contributed by atoms with E-state index < -0.39 is 6.10 Å². The van der Waals surface area contributed by atoms with Gasteiger partial charge in [0.15, 0.2) is 0 Å². The van der Waals surface area contributed by atoms with E-state index >= 15 is 0 Å². The molecule has 0 radical (unpaired) electrons. The van der Waals surface area contributed by atoms with Crippen LogP contribution in [0, 0.1) is 6.92 Å². The van der Waals surface area contributed by atoms with Crippen molar-refractivity contribution in [1.29, 1.82) is 0 Å². The lowest BCUT2D eigenvalue weighted by atomic mass is 10.1. The zero-order chi connectivity index (χ0) is 14.4. The summed E-state index contributed by atoms with van der Waals surface area (Å²) in [4.78, 5) is 12.0. The van der Waals surface area contributed by atoms with Crippen LogP contribution in [0.5, 0.6) is 0 Å². The molecule has 19 heavy (non-hydrogen) atoms. The van der Waals surface area contributed by atoms with E-state index in [-0.39, 0.29) is 12.0 Å². The average molecular weight is 266 g/mol. The third-order valence-electron chi connectivity index (χ3n) is 2.84. The Morgan fingerprint density at radius 1 is 1.42 bits per heavy atom. The third kappa shape index (κ3) is 4.54. The van der Waals surface area contributed by atoms with Gasteiger partial charge in [0.25, 0.3) is 5.91 Å². The Kier molecular flexibility index (Phi) is 5.79. The van der Waals surface area contributed by atoms with Gasteiger partial charge in [-0.25, -0.2) is 0 Å². The zero-order valence-corrected chi connectivity index (χ0v) is 11.9. The lowest BCUT2D eigenvalue weighted by Crippen LogP contribution is -2.32. The number of amides is 1. The van der Waals surface area contributed by atoms with Crippen molar-refractivity contribution in [2.45, 2.75) is 33.0 Å². The second-order valence-corrected chi connectivity index (χ2v) is 4.55. The van der Waals surface area contributed by atoms with Crippen LogP contribution in [-0.4, -0.2) is 31.8 Å². The third-order valence-corrected chi connectivity index (χ3v) is 2.84. The fourth-order valence-corrected chi connectivity index (χ4v) is 1.71. The maximum Gasteiger partial charge on any atom is 0.253 e. The molecule has 1 aromatic rings. The Morgan fingerprint density at radius 3 is 2.74 bits per heavy atom. The molecule has 1 aromatic carbocycles. The van der Waals surface area contributed by atoms with Crippen LogP contribution in [0.15, 0.2) is 18.2 Å². The van der Waals surface area contributed by atoms with Crippen LogP contribution in [0.3, 0.4) is 0 Å². The number of rotatable bonds is 6. The molecule has 106 valence electrons. The lowest BCUT2D eigenvalue weighted by Gasteiger charge is -2.19. The molecule has 0 aliphatic heterocycles. The molecule has 0 aliphatic carbocycles. The summed E-state index contributed by atoms with van der Waals surface area (Å²) in [6.45, 7) is 5.89. The molecule has 0 aromatic heterocycles. The zero-order valence-electron chi connectivity index (χ0n) is 11.9. The van der Waals surface area contributed by atoms with Gasteiger partial charge in [-0.2, -0.15) is 0 Å². The molecule has 5 heteroatoms. The Hall–Kier alpha value is -1.59. The van der Waals surface area contributed by atoms with E-state index in [4.69, 9.17) is 15.2 Å². The first-order chi connectivity index (χ1) is 8.95. The molecule has 0 aliphatic rings. The first kappa shape index (κ1) is 15.5. The largest absolute Gasteiger partial charge is 0.398 e. The van der Waals surface area contributed by atoms with Crippen molar-refractivity contribution in [1.82, 2.24) is 0 Å². The minimum atomic E-state index is -0.550. The van der Waals surface area contributed by atoms with Crippen molar-refractivity contribution >= 4 is 17.3 Å². The fraction of sp³-hybridized carbons (Fsp3) is 0.500. The molecule has 0 fully saturated rings. The number of hydrogen-bond donors (Lipinski definition) is 2. The number of anilines is 2. The number of methoxy groups -OCH3 is 1. The molecule has 0 saturated heterocycles. The monoisotopic (exact) mass is 266 g/mol. The number of nitrogens with one attached hydrogen (secondary N) is 1. The number of carbonyl (C=O) groups is 1. The minimum absolute atomic E-state index is 0.132. The summed E-state index contributed by atoms with van der Waals surface area (Å²) in [6.07, 6.45) is -0.682. The molecule has 0 heterocycles. The first-order valence-electron chi connectivity index (χ1n) is 6.26. The van der Waals surface area contributed by atoms with Crippen molar-refractivity contribution in [3.8, 4) is 0 Å². The highest BCUT2D eigenvalue weighted by atomic mass is 16.5. The van der Waals surface area contributed by atoms with E-state index in [2.05, 4.69) is 5.32 Å². The van der Waals surface area contributed by atoms with Crippen molar-refractivity contribution < 1.29 is 14.3 Å². The van der Waals surface area contributed by atoms with Gasteiger partial charge in [0.1, 0.15) is 6.10 Å². The molecule has 1 rings (SSSR count). The lowest BCUT2D eigenvalue weighted by molar-refractivity contribution is -0.131. The molecular weight excluding hydrogens is 244 g/mol. The Labute approximate surface area is 114 Å². The molecule has 2 atom stereocenters. The summed E-state index contributed by atoms with van der Waals surface area (Å²) < 4.78 is 10.5. The van der Waals surface area contributed by atoms with Crippen molar-refractivity contribution in [2.75, 3.05) is 24.8 Å². The van der Waals surface area contributed by atoms with Gasteiger partial charge in [0.2, 0.25) is 0 Å². The van der Waals surface area contributed by atoms with Crippen LogP contribution in [-0.2, 0) is 14.3 Å². The maximum atomic E-state index is 12.0. The molecule has 1 amide bonds. The number of hydrogen-bond acceptors (Lipinski definition) is 4. The fourth-order valence-electron chi connectivity index (χ4n) is 1.71. The Balaban J connectivity index is 2.61. The summed E-state index contributed by atoms with van der Waals surface area (Å²) in [7, 11) is 1.60. The van der Waals surface area contributed by atoms with E-state index in [1.54, 1.807) is 26.2 Å². The van der Waals surface area contributed by atoms with Gasteiger partial charge in [-0.3, -0.25) is 4.79 Å². The highest BCUT2D eigenvalue weighted by Gasteiger charge is 2.17. The second kappa shape index (κ2) is 7.11. The minimum Gasteiger partial charge on any atom is -0.398 e. The first-order valence-corrected chi connectivity index (χ1v) is 6.26. The molecule has 0 spiro atoms. The normalized spacial score (nSPS) is 13.9. The Bertz CT molecular complexity index is 435. The summed E-state index contributed by atoms with van der Waals surface area (Å²) in [5.41, 5.74) is 8.01. The van der Waals surface area contributed by atoms with Gasteiger partial charge in [-0.05, 0) is 38.5 Å². The molecule has 0 saturated carbocycles. The molecule has 5 nitrogen and oxygen atoms in total. The summed E-state index contributed by atoms with van der Waals surface area (Å²) in [6, 6.07) is 5.41. The maximum absolute atomic E-state index is 12.0. The predicted molar refractivity (Wildman–Crippen MR) is 76.1 cm³/mol. The number of benzene rings is 1. The van der Waals surface area contributed by atoms with E-state index in [0.717, 1.165) is 5.56 Å². The van der Waals surface area contributed by atoms with Gasteiger partial charge in [-0.15, -0.1) is 0 Å². The van der Waals surface area contributed by atoms with Crippen molar-refractivity contribution in [3.63, 3.8) is 0 Å². The number of ether oxygens (including phenoxy) is 2. The summed E-state index contributed by atoms with van der Waals surface area (Å²) in [5.74, 6) is -0.198. The van der Waals surface area contributed by atoms with Crippen molar-refractivity contribution in [3.05, 3.63) is 23.8 Å². The van der Waals surface area contributed by atoms with Crippen LogP contribution in [0.1, 0.15) is 19.4 Å². The SMILES string of the molecule is COCC(C)OC(C)C(=O)Nc1cccc(N)c1C. The number of nitrogens with two attached hydrogens (primary N) is 1. The van der Waals surface area contributed by atoms with Crippen LogP contribution in [0.2, 0.25) is 0 Å². The van der Waals surface area contributed by atoms with Gasteiger partial charge in [0.05, 0.1) is 12.7 Å². The van der Waals surface area contributed by atoms with Crippen LogP contribution in [0.4, 0.5) is 11.4 Å². The van der Waals surface area contributed by atoms with Crippen LogP contribution < -0.4 is 11.1 Å². The van der Waals surface area contributed by atoms with Gasteiger partial charge in [-0.1, -0.05) is 6.07 Å². The highest BCUT2D eigenvalue weighted by Crippen LogP contribution is 2.20. The summed E-state index contributed by atoms with van der Waals surface area (Å²) >= 11 is 0. The van der Waals surface area contributed by atoms with E-state index in [1.807, 2.05) is 19.9 Å². The van der Waals surface area contributed by atoms with Crippen molar-refractivity contribution in [2.24, 2.45) is 0 Å². The quantitative estimate of drug-likeness (QED) is 0.772. The van der Waals surface area contributed by atoms with Crippen LogP contribution >= 0.6 is 0 Å². The van der Waals surface area contributed by atoms with Gasteiger partial charge >= 0.3 is 0 Å². The standard InChI is InChI=1S/C14H22N2O3/c1-9(8-18-4)19-11(3)14(17)16-13-7-5-6-12(15)10(13)2/h5-7,9,11H,8,15H2,1-4H3,(H,16,17). The molecular formula is C14H22N2O3. The second-order valence-electron chi connectivity index (χ2n) is 4.55. The van der Waals surface area contributed by atoms with Crippen LogP contribution in [0.25, 0.3) is 0 Å². The Morgan fingerprint density at radius 2 is 2.11 bits per heavy atom. The molecule has 3 N–H and O–H groups in total. The average Bonchev–Trinajstić information content (AvgIpc) is 2.35. The highest BCUT2D eigenvalue weighted by molar-refractivity contribution is 5.95.